The van der Waals surface area contributed by atoms with Crippen LogP contribution in [0.2, 0.25) is 10.0 Å². The topological polar surface area (TPSA) is 29.5 Å². The molecule has 0 radical (unpaired) electrons. The standard InChI is InChI=1S/C24H35Cl2NO2/c1-4-6-7-11-19(9-5-2)24(28)27(21-12-13-21)17-20-15-18(10-8-14-29-3)16-22(25)23(20)26/h9,15-16,21H,4-8,10-14,17H2,1-3H3. The molecule has 2 rings (SSSR count). The predicted molar refractivity (Wildman–Crippen MR) is 123 cm³/mol. The average molecular weight is 440 g/mol. The Kier molecular flexibility index (Phi) is 10.5. The third-order valence-electron chi connectivity index (χ3n) is 5.34. The molecule has 5 heteroatoms. The molecule has 0 spiro atoms. The first-order valence-corrected chi connectivity index (χ1v) is 11.7. The van der Waals surface area contributed by atoms with Gasteiger partial charge in [0.1, 0.15) is 0 Å². The van der Waals surface area contributed by atoms with Gasteiger partial charge >= 0.3 is 0 Å². The number of nitrogens with zero attached hydrogens (tertiary/aromatic N) is 1. The quantitative estimate of drug-likeness (QED) is 0.245. The Morgan fingerprint density at radius 3 is 2.59 bits per heavy atom. The van der Waals surface area contributed by atoms with Gasteiger partial charge in [0.25, 0.3) is 0 Å². The molecule has 29 heavy (non-hydrogen) atoms. The second kappa shape index (κ2) is 12.6. The number of aryl methyl sites for hydroxylation is 1. The highest BCUT2D eigenvalue weighted by molar-refractivity contribution is 6.42. The Balaban J connectivity index is 2.19. The molecule has 0 N–H and O–H groups in total. The van der Waals surface area contributed by atoms with Crippen molar-refractivity contribution in [2.75, 3.05) is 13.7 Å². The van der Waals surface area contributed by atoms with Crippen LogP contribution in [-0.2, 0) is 22.5 Å². The molecule has 1 saturated carbocycles. The summed E-state index contributed by atoms with van der Waals surface area (Å²) in [6, 6.07) is 4.35. The largest absolute Gasteiger partial charge is 0.385 e. The van der Waals surface area contributed by atoms with Gasteiger partial charge in [0.2, 0.25) is 5.91 Å². The second-order valence-corrected chi connectivity index (χ2v) is 8.69. The maximum atomic E-state index is 13.4. The van der Waals surface area contributed by atoms with Crippen molar-refractivity contribution in [1.29, 1.82) is 0 Å². The SMILES string of the molecule is CCC=C(CCCCC)C(=O)N(Cc1cc(CCCOC)cc(Cl)c1Cl)C1CC1. The lowest BCUT2D eigenvalue weighted by Gasteiger charge is -2.25. The van der Waals surface area contributed by atoms with Gasteiger partial charge in [-0.3, -0.25) is 4.79 Å². The molecule has 1 fully saturated rings. The fraction of sp³-hybridized carbons (Fsp3) is 0.625. The number of ether oxygens (including phenoxy) is 1. The number of benzene rings is 1. The van der Waals surface area contributed by atoms with Gasteiger partial charge in [0.15, 0.2) is 0 Å². The van der Waals surface area contributed by atoms with Gasteiger partial charge < -0.3 is 9.64 Å². The lowest BCUT2D eigenvalue weighted by molar-refractivity contribution is -0.128. The second-order valence-electron chi connectivity index (χ2n) is 7.91. The Bertz CT molecular complexity index is 698. The van der Waals surface area contributed by atoms with E-state index in [2.05, 4.69) is 26.0 Å². The number of carbonyl (C=O) groups is 1. The van der Waals surface area contributed by atoms with Crippen LogP contribution in [0, 0.1) is 0 Å². The Morgan fingerprint density at radius 1 is 1.21 bits per heavy atom. The van der Waals surface area contributed by atoms with Crippen LogP contribution < -0.4 is 0 Å². The van der Waals surface area contributed by atoms with Crippen LogP contribution in [0.1, 0.15) is 76.3 Å². The molecule has 1 amide bonds. The highest BCUT2D eigenvalue weighted by atomic mass is 35.5. The maximum Gasteiger partial charge on any atom is 0.250 e. The monoisotopic (exact) mass is 439 g/mol. The highest BCUT2D eigenvalue weighted by Crippen LogP contribution is 2.34. The number of unbranched alkanes of at least 4 members (excludes halogenated alkanes) is 2. The molecule has 0 aliphatic heterocycles. The zero-order valence-electron chi connectivity index (χ0n) is 18.1. The molecule has 0 heterocycles. The summed E-state index contributed by atoms with van der Waals surface area (Å²) in [5.41, 5.74) is 3.03. The Morgan fingerprint density at radius 2 is 1.97 bits per heavy atom. The minimum Gasteiger partial charge on any atom is -0.385 e. The number of amides is 1. The van der Waals surface area contributed by atoms with Crippen LogP contribution in [0.15, 0.2) is 23.8 Å². The summed E-state index contributed by atoms with van der Waals surface area (Å²) in [4.78, 5) is 15.4. The summed E-state index contributed by atoms with van der Waals surface area (Å²) < 4.78 is 5.15. The van der Waals surface area contributed by atoms with Crippen molar-refractivity contribution in [3.8, 4) is 0 Å². The molecule has 1 aromatic rings. The third-order valence-corrected chi connectivity index (χ3v) is 6.18. The first kappa shape index (κ1) is 24.2. The van der Waals surface area contributed by atoms with Gasteiger partial charge in [-0.05, 0) is 62.1 Å². The number of rotatable bonds is 13. The molecule has 3 nitrogen and oxygen atoms in total. The number of allylic oxidation sites excluding steroid dienone is 1. The van der Waals surface area contributed by atoms with Crippen molar-refractivity contribution < 1.29 is 9.53 Å². The number of carbonyl (C=O) groups excluding carboxylic acids is 1. The fourth-order valence-corrected chi connectivity index (χ4v) is 4.05. The molecule has 0 unspecified atom stereocenters. The van der Waals surface area contributed by atoms with Crippen molar-refractivity contribution in [2.24, 2.45) is 0 Å². The van der Waals surface area contributed by atoms with E-state index in [1.165, 1.54) is 0 Å². The molecule has 0 saturated heterocycles. The molecular formula is C24H35Cl2NO2. The number of hydrogen-bond donors (Lipinski definition) is 0. The molecule has 1 aliphatic rings. The van der Waals surface area contributed by atoms with Crippen LogP contribution in [0.3, 0.4) is 0 Å². The molecule has 162 valence electrons. The Labute approximate surface area is 186 Å². The number of hydrogen-bond acceptors (Lipinski definition) is 2. The summed E-state index contributed by atoms with van der Waals surface area (Å²) >= 11 is 12.9. The van der Waals surface area contributed by atoms with Crippen LogP contribution in [0.5, 0.6) is 0 Å². The highest BCUT2D eigenvalue weighted by Gasteiger charge is 2.34. The van der Waals surface area contributed by atoms with E-state index < -0.39 is 0 Å². The van der Waals surface area contributed by atoms with E-state index in [-0.39, 0.29) is 5.91 Å². The summed E-state index contributed by atoms with van der Waals surface area (Å²) in [5, 5.41) is 1.12. The van der Waals surface area contributed by atoms with Crippen molar-refractivity contribution in [2.45, 2.75) is 84.2 Å². The molecule has 1 aromatic carbocycles. The van der Waals surface area contributed by atoms with Crippen molar-refractivity contribution in [1.82, 2.24) is 4.90 Å². The zero-order chi connectivity index (χ0) is 21.2. The van der Waals surface area contributed by atoms with E-state index in [4.69, 9.17) is 27.9 Å². The molecule has 1 aliphatic carbocycles. The first-order valence-electron chi connectivity index (χ1n) is 11.0. The van der Waals surface area contributed by atoms with Crippen LogP contribution in [0.25, 0.3) is 0 Å². The van der Waals surface area contributed by atoms with Gasteiger partial charge in [-0.2, -0.15) is 0 Å². The zero-order valence-corrected chi connectivity index (χ0v) is 19.6. The van der Waals surface area contributed by atoms with E-state index in [0.29, 0.717) is 29.2 Å². The minimum atomic E-state index is 0.169. The predicted octanol–water partition coefficient (Wildman–Crippen LogP) is 6.98. The minimum absolute atomic E-state index is 0.169. The molecular weight excluding hydrogens is 405 g/mol. The number of halogens is 2. The van der Waals surface area contributed by atoms with Crippen molar-refractivity contribution in [3.05, 3.63) is 45.0 Å². The van der Waals surface area contributed by atoms with Crippen LogP contribution in [0.4, 0.5) is 0 Å². The third kappa shape index (κ3) is 7.62. The molecule has 0 aromatic heterocycles. The summed E-state index contributed by atoms with van der Waals surface area (Å²) in [7, 11) is 1.71. The smallest absolute Gasteiger partial charge is 0.250 e. The first-order chi connectivity index (χ1) is 14.0. The van der Waals surface area contributed by atoms with Gasteiger partial charge in [-0.1, -0.05) is 62.0 Å². The van der Waals surface area contributed by atoms with Gasteiger partial charge in [-0.25, -0.2) is 0 Å². The normalized spacial score (nSPS) is 14.3. The van der Waals surface area contributed by atoms with Crippen molar-refractivity contribution in [3.63, 3.8) is 0 Å². The van der Waals surface area contributed by atoms with E-state index >= 15 is 0 Å². The number of methoxy groups -OCH3 is 1. The van der Waals surface area contributed by atoms with E-state index in [0.717, 1.165) is 74.5 Å². The van der Waals surface area contributed by atoms with E-state index in [1.54, 1.807) is 7.11 Å². The maximum absolute atomic E-state index is 13.4. The lowest BCUT2D eigenvalue weighted by Crippen LogP contribution is -2.34. The average Bonchev–Trinajstić information content (AvgIpc) is 3.53. The van der Waals surface area contributed by atoms with E-state index in [9.17, 15) is 4.79 Å². The Hall–Kier alpha value is -1.03. The van der Waals surface area contributed by atoms with Crippen LogP contribution in [-0.4, -0.2) is 30.6 Å². The lowest BCUT2D eigenvalue weighted by atomic mass is 10.0. The van der Waals surface area contributed by atoms with Crippen molar-refractivity contribution >= 4 is 29.1 Å². The van der Waals surface area contributed by atoms with Crippen LogP contribution >= 0.6 is 23.2 Å². The summed E-state index contributed by atoms with van der Waals surface area (Å²) in [6.07, 6.45) is 11.2. The molecule has 0 bridgehead atoms. The summed E-state index contributed by atoms with van der Waals surface area (Å²) in [5.74, 6) is 0.169. The molecule has 0 atom stereocenters. The van der Waals surface area contributed by atoms with E-state index in [1.807, 2.05) is 11.0 Å². The fourth-order valence-electron chi connectivity index (χ4n) is 3.62. The van der Waals surface area contributed by atoms with Gasteiger partial charge in [0, 0.05) is 31.9 Å². The van der Waals surface area contributed by atoms with Gasteiger partial charge in [-0.15, -0.1) is 0 Å². The summed E-state index contributed by atoms with van der Waals surface area (Å²) in [6.45, 7) is 5.52. The van der Waals surface area contributed by atoms with Gasteiger partial charge in [0.05, 0.1) is 10.0 Å².